The molecule has 12 nitrogen and oxygen atoms in total. The standard InChI is InChI=1S/C22H18ClF3N10O2/c1-11-6-12(9-27)7-14(19(37)29-2)17(11)32-20(38)16-8-13(10-31-34-21(33-28)22(24,25)26)35-36(16)18-15(23)4-3-5-30-18/h3-8H,10,28H2,1-2H3,(H,29,37)(H,32,38). The molecule has 4 N–H and O–H groups in total. The van der Waals surface area contributed by atoms with E-state index in [0.717, 1.165) is 4.68 Å². The normalized spacial score (nSPS) is 11.9. The van der Waals surface area contributed by atoms with Crippen LogP contribution in [0, 0.1) is 18.3 Å². The SMILES string of the molecule is CNC(=O)c1cc(C#N)cc(C)c1NC(=O)c1cc(CN=NC(=NN)C(F)(F)F)nn1-c1ncccc1Cl. The van der Waals surface area contributed by atoms with Crippen molar-refractivity contribution in [3.8, 4) is 11.9 Å². The summed E-state index contributed by atoms with van der Waals surface area (Å²) in [5, 5.41) is 27.6. The van der Waals surface area contributed by atoms with Gasteiger partial charge in [0.25, 0.3) is 17.6 Å². The van der Waals surface area contributed by atoms with Crippen LogP contribution in [0.15, 0.2) is 51.9 Å². The number of rotatable bonds is 6. The molecular formula is C22H18ClF3N10O2. The Hall–Kier alpha value is -4.84. The molecule has 38 heavy (non-hydrogen) atoms. The van der Waals surface area contributed by atoms with Crippen LogP contribution in [0.3, 0.4) is 0 Å². The molecule has 0 bridgehead atoms. The van der Waals surface area contributed by atoms with E-state index in [4.69, 9.17) is 17.4 Å². The Morgan fingerprint density at radius 3 is 2.61 bits per heavy atom. The highest BCUT2D eigenvalue weighted by atomic mass is 35.5. The number of nitriles is 1. The largest absolute Gasteiger partial charge is 0.455 e. The number of azo groups is 1. The summed E-state index contributed by atoms with van der Waals surface area (Å²) >= 11 is 6.23. The highest BCUT2D eigenvalue weighted by Gasteiger charge is 2.36. The van der Waals surface area contributed by atoms with Crippen LogP contribution in [-0.2, 0) is 6.54 Å². The lowest BCUT2D eigenvalue weighted by Gasteiger charge is -2.14. The van der Waals surface area contributed by atoms with Crippen molar-refractivity contribution >= 4 is 34.9 Å². The number of carbonyl (C=O) groups excluding carboxylic acids is 2. The van der Waals surface area contributed by atoms with E-state index >= 15 is 0 Å². The number of halogens is 4. The maximum absolute atomic E-state index is 13.4. The van der Waals surface area contributed by atoms with Crippen molar-refractivity contribution in [3.05, 3.63) is 69.6 Å². The lowest BCUT2D eigenvalue weighted by molar-refractivity contribution is -0.0602. The third-order valence-corrected chi connectivity index (χ3v) is 5.18. The number of pyridine rings is 1. The van der Waals surface area contributed by atoms with E-state index in [1.165, 1.54) is 37.5 Å². The van der Waals surface area contributed by atoms with Crippen molar-refractivity contribution in [2.75, 3.05) is 12.4 Å². The van der Waals surface area contributed by atoms with Gasteiger partial charge in [-0.05, 0) is 42.8 Å². The van der Waals surface area contributed by atoms with E-state index < -0.39 is 30.4 Å². The molecule has 0 unspecified atom stereocenters. The zero-order valence-corrected chi connectivity index (χ0v) is 20.5. The molecule has 0 radical (unpaired) electrons. The number of carbonyl (C=O) groups is 2. The maximum Gasteiger partial charge on any atom is 0.455 e. The van der Waals surface area contributed by atoms with E-state index in [2.05, 4.69) is 36.0 Å². The molecule has 0 spiro atoms. The molecule has 2 amide bonds. The molecule has 0 aliphatic carbocycles. The van der Waals surface area contributed by atoms with Crippen molar-refractivity contribution < 1.29 is 22.8 Å². The van der Waals surface area contributed by atoms with Crippen molar-refractivity contribution in [2.45, 2.75) is 19.6 Å². The number of anilines is 1. The van der Waals surface area contributed by atoms with Gasteiger partial charge in [0.15, 0.2) is 5.82 Å². The Morgan fingerprint density at radius 1 is 1.26 bits per heavy atom. The summed E-state index contributed by atoms with van der Waals surface area (Å²) in [7, 11) is 1.39. The zero-order chi connectivity index (χ0) is 28.0. The number of nitrogens with one attached hydrogen (secondary N) is 2. The predicted molar refractivity (Wildman–Crippen MR) is 130 cm³/mol. The highest BCUT2D eigenvalue weighted by molar-refractivity contribution is 6.32. The third kappa shape index (κ3) is 6.10. The van der Waals surface area contributed by atoms with E-state index in [-0.39, 0.29) is 39.0 Å². The number of nitrogens with zero attached hydrogens (tertiary/aromatic N) is 7. The molecule has 3 aromatic rings. The minimum absolute atomic E-state index is 0.0299. The molecule has 2 aromatic heterocycles. The Balaban J connectivity index is 2.05. The van der Waals surface area contributed by atoms with Gasteiger partial charge in [0.05, 0.1) is 33.6 Å². The number of amidine groups is 1. The molecule has 2 heterocycles. The second-order valence-electron chi connectivity index (χ2n) is 7.45. The van der Waals surface area contributed by atoms with Crippen LogP contribution < -0.4 is 16.5 Å². The van der Waals surface area contributed by atoms with Crippen LogP contribution in [0.25, 0.3) is 5.82 Å². The number of aromatic nitrogens is 3. The fourth-order valence-electron chi connectivity index (χ4n) is 3.20. The van der Waals surface area contributed by atoms with Gasteiger partial charge in [-0.3, -0.25) is 9.59 Å². The molecule has 1 aromatic carbocycles. The second-order valence-corrected chi connectivity index (χ2v) is 7.86. The molecule has 0 saturated heterocycles. The summed E-state index contributed by atoms with van der Waals surface area (Å²) in [5.41, 5.74) is 0.690. The Bertz CT molecular complexity index is 1490. The van der Waals surface area contributed by atoms with Gasteiger partial charge in [-0.1, -0.05) is 11.6 Å². The number of hydrogen-bond acceptors (Lipinski definition) is 8. The van der Waals surface area contributed by atoms with Gasteiger partial charge in [0.1, 0.15) is 12.2 Å². The first-order valence-corrected chi connectivity index (χ1v) is 10.9. The van der Waals surface area contributed by atoms with Crippen LogP contribution in [0.2, 0.25) is 5.02 Å². The molecular weight excluding hydrogens is 529 g/mol. The average molecular weight is 547 g/mol. The summed E-state index contributed by atoms with van der Waals surface area (Å²) in [6.07, 6.45) is -3.52. The van der Waals surface area contributed by atoms with Gasteiger partial charge in [-0.15, -0.1) is 5.11 Å². The van der Waals surface area contributed by atoms with Gasteiger partial charge in [-0.25, -0.2) is 9.67 Å². The number of nitrogens with two attached hydrogens (primary N) is 1. The van der Waals surface area contributed by atoms with Crippen LogP contribution in [0.4, 0.5) is 18.9 Å². The quantitative estimate of drug-likeness (QED) is 0.140. The predicted octanol–water partition coefficient (Wildman–Crippen LogP) is 3.50. The number of hydrazone groups is 1. The van der Waals surface area contributed by atoms with E-state index in [1.807, 2.05) is 6.07 Å². The van der Waals surface area contributed by atoms with Gasteiger partial charge >= 0.3 is 6.18 Å². The van der Waals surface area contributed by atoms with E-state index in [0.29, 0.717) is 5.56 Å². The Morgan fingerprint density at radius 2 is 2.00 bits per heavy atom. The first-order valence-electron chi connectivity index (χ1n) is 10.5. The molecule has 196 valence electrons. The van der Waals surface area contributed by atoms with Gasteiger partial charge in [0.2, 0.25) is 0 Å². The first-order chi connectivity index (χ1) is 18.0. The van der Waals surface area contributed by atoms with Gasteiger partial charge in [0, 0.05) is 13.2 Å². The summed E-state index contributed by atoms with van der Waals surface area (Å²) in [6, 6.07) is 9.03. The third-order valence-electron chi connectivity index (χ3n) is 4.88. The Kier molecular flexibility index (Phi) is 8.38. The fraction of sp³-hybridized carbons (Fsp3) is 0.182. The van der Waals surface area contributed by atoms with Gasteiger partial charge in [-0.2, -0.15) is 33.7 Å². The molecule has 0 aliphatic rings. The lowest BCUT2D eigenvalue weighted by atomic mass is 10.0. The lowest BCUT2D eigenvalue weighted by Crippen LogP contribution is -2.24. The highest BCUT2D eigenvalue weighted by Crippen LogP contribution is 2.26. The smallest absolute Gasteiger partial charge is 0.355 e. The van der Waals surface area contributed by atoms with Crippen LogP contribution >= 0.6 is 11.6 Å². The van der Waals surface area contributed by atoms with Crippen LogP contribution in [0.5, 0.6) is 0 Å². The summed E-state index contributed by atoms with van der Waals surface area (Å²) in [6.45, 7) is 1.12. The molecule has 0 saturated carbocycles. The molecule has 3 rings (SSSR count). The summed E-state index contributed by atoms with van der Waals surface area (Å²) in [4.78, 5) is 29.9. The number of amides is 2. The number of aryl methyl sites for hydroxylation is 1. The number of benzene rings is 1. The molecule has 0 aliphatic heterocycles. The van der Waals surface area contributed by atoms with Crippen molar-refractivity contribution in [2.24, 2.45) is 21.2 Å². The number of alkyl halides is 3. The summed E-state index contributed by atoms with van der Waals surface area (Å²) in [5.74, 6) is 1.80. The topological polar surface area (TPSA) is 176 Å². The maximum atomic E-state index is 13.4. The minimum Gasteiger partial charge on any atom is -0.355 e. The molecule has 0 atom stereocenters. The minimum atomic E-state index is -4.91. The van der Waals surface area contributed by atoms with Gasteiger partial charge < -0.3 is 16.5 Å². The second kappa shape index (κ2) is 11.5. The van der Waals surface area contributed by atoms with Crippen LogP contribution in [-0.4, -0.2) is 45.6 Å². The summed E-state index contributed by atoms with van der Waals surface area (Å²) < 4.78 is 39.4. The van der Waals surface area contributed by atoms with E-state index in [9.17, 15) is 28.0 Å². The van der Waals surface area contributed by atoms with E-state index in [1.54, 1.807) is 13.0 Å². The van der Waals surface area contributed by atoms with Crippen LogP contribution in [0.1, 0.15) is 37.7 Å². The van der Waals surface area contributed by atoms with Crippen molar-refractivity contribution in [1.29, 1.82) is 5.26 Å². The van der Waals surface area contributed by atoms with Crippen molar-refractivity contribution in [3.63, 3.8) is 0 Å². The average Bonchev–Trinajstić information content (AvgIpc) is 3.30. The zero-order valence-electron chi connectivity index (χ0n) is 19.7. The number of hydrogen-bond donors (Lipinski definition) is 3. The Labute approximate surface area is 218 Å². The first kappa shape index (κ1) is 27.7. The fourth-order valence-corrected chi connectivity index (χ4v) is 3.40. The molecule has 0 fully saturated rings. The van der Waals surface area contributed by atoms with Crippen molar-refractivity contribution in [1.82, 2.24) is 20.1 Å². The molecule has 16 heteroatoms. The monoisotopic (exact) mass is 546 g/mol.